The second-order valence-electron chi connectivity index (χ2n) is 6.26. The van der Waals surface area contributed by atoms with E-state index in [9.17, 15) is 9.59 Å². The van der Waals surface area contributed by atoms with Gasteiger partial charge in [0.15, 0.2) is 0 Å². The van der Waals surface area contributed by atoms with Gasteiger partial charge in [-0.3, -0.25) is 4.79 Å². The minimum Gasteiger partial charge on any atom is -0.462 e. The number of hydrogen-bond acceptors (Lipinski definition) is 6. The lowest BCUT2D eigenvalue weighted by Gasteiger charge is -2.08. The van der Waals surface area contributed by atoms with Gasteiger partial charge in [-0.05, 0) is 58.4 Å². The van der Waals surface area contributed by atoms with Gasteiger partial charge in [0.1, 0.15) is 5.00 Å². The maximum absolute atomic E-state index is 12.8. The molecule has 0 bridgehead atoms. The molecule has 2 aromatic heterocycles. The third-order valence-corrected chi connectivity index (χ3v) is 5.55. The number of nitrogens with zero attached hydrogens (tertiary/aromatic N) is 2. The normalized spacial score (nSPS) is 10.9. The van der Waals surface area contributed by atoms with Crippen LogP contribution < -0.4 is 5.32 Å². The van der Waals surface area contributed by atoms with Gasteiger partial charge in [0.05, 0.1) is 34.6 Å². The van der Waals surface area contributed by atoms with Crippen molar-refractivity contribution in [2.45, 2.75) is 34.6 Å². The van der Waals surface area contributed by atoms with Crippen molar-refractivity contribution in [2.75, 3.05) is 11.9 Å². The van der Waals surface area contributed by atoms with Crippen LogP contribution in [0.4, 0.5) is 5.00 Å². The lowest BCUT2D eigenvalue weighted by atomic mass is 10.1. The molecule has 1 aromatic carbocycles. The predicted molar refractivity (Wildman–Crippen MR) is 107 cm³/mol. The number of fused-ring (bicyclic) bond motifs is 1. The molecule has 3 aromatic rings. The van der Waals surface area contributed by atoms with E-state index in [0.717, 1.165) is 27.3 Å². The second kappa shape index (κ2) is 7.44. The van der Waals surface area contributed by atoms with E-state index in [2.05, 4.69) is 15.3 Å². The molecule has 1 amide bonds. The zero-order chi connectivity index (χ0) is 19.7. The first-order chi connectivity index (χ1) is 12.8. The van der Waals surface area contributed by atoms with E-state index in [0.29, 0.717) is 21.6 Å². The molecule has 0 atom stereocenters. The van der Waals surface area contributed by atoms with Gasteiger partial charge in [-0.2, -0.15) is 0 Å². The predicted octanol–water partition coefficient (Wildman–Crippen LogP) is 4.35. The van der Waals surface area contributed by atoms with Crippen LogP contribution in [0.5, 0.6) is 0 Å². The quantitative estimate of drug-likeness (QED) is 0.677. The van der Waals surface area contributed by atoms with E-state index in [1.165, 1.54) is 11.3 Å². The highest BCUT2D eigenvalue weighted by atomic mass is 32.1. The lowest BCUT2D eigenvalue weighted by Crippen LogP contribution is -2.15. The van der Waals surface area contributed by atoms with Crippen LogP contribution in [0.25, 0.3) is 11.0 Å². The van der Waals surface area contributed by atoms with Crippen LogP contribution in [0.3, 0.4) is 0 Å². The standard InChI is InChI=1S/C20H21N3O3S/c1-6-26-20(25)17-10(2)13(5)27-19(17)23-18(24)14-7-8-15-16(9-14)22-12(4)11(3)21-15/h7-9H,6H2,1-5H3,(H,23,24). The number of benzene rings is 1. The zero-order valence-corrected chi connectivity index (χ0v) is 16.8. The first-order valence-corrected chi connectivity index (χ1v) is 9.47. The van der Waals surface area contributed by atoms with E-state index in [1.807, 2.05) is 27.7 Å². The fraction of sp³-hybridized carbons (Fsp3) is 0.300. The molecule has 0 saturated carbocycles. The largest absolute Gasteiger partial charge is 0.462 e. The summed E-state index contributed by atoms with van der Waals surface area (Å²) >= 11 is 1.37. The molecule has 0 saturated heterocycles. The third-order valence-electron chi connectivity index (χ3n) is 4.43. The highest BCUT2D eigenvalue weighted by molar-refractivity contribution is 7.16. The first-order valence-electron chi connectivity index (χ1n) is 8.65. The molecule has 7 heteroatoms. The summed E-state index contributed by atoms with van der Waals surface area (Å²) in [6, 6.07) is 5.20. The molecular formula is C20H21N3O3S. The van der Waals surface area contributed by atoms with Crippen molar-refractivity contribution in [3.63, 3.8) is 0 Å². The summed E-state index contributed by atoms with van der Waals surface area (Å²) < 4.78 is 5.13. The third kappa shape index (κ3) is 3.68. The Labute approximate surface area is 161 Å². The van der Waals surface area contributed by atoms with Gasteiger partial charge >= 0.3 is 5.97 Å². The molecule has 0 aliphatic heterocycles. The number of nitrogens with one attached hydrogen (secondary N) is 1. The van der Waals surface area contributed by atoms with Crippen molar-refractivity contribution in [3.8, 4) is 0 Å². The monoisotopic (exact) mass is 383 g/mol. The topological polar surface area (TPSA) is 81.2 Å². The SMILES string of the molecule is CCOC(=O)c1c(NC(=O)c2ccc3nc(C)c(C)nc3c2)sc(C)c1C. The van der Waals surface area contributed by atoms with Crippen LogP contribution in [0, 0.1) is 27.7 Å². The van der Waals surface area contributed by atoms with Crippen LogP contribution in [0.1, 0.15) is 49.5 Å². The number of aromatic nitrogens is 2. The Bertz CT molecular complexity index is 1060. The Balaban J connectivity index is 1.94. The van der Waals surface area contributed by atoms with Crippen molar-refractivity contribution >= 4 is 39.2 Å². The fourth-order valence-corrected chi connectivity index (χ4v) is 3.75. The zero-order valence-electron chi connectivity index (χ0n) is 16.0. The van der Waals surface area contributed by atoms with Crippen LogP contribution >= 0.6 is 11.3 Å². The van der Waals surface area contributed by atoms with Crippen molar-refractivity contribution in [1.82, 2.24) is 9.97 Å². The molecule has 0 unspecified atom stereocenters. The molecule has 140 valence electrons. The Morgan fingerprint density at radius 2 is 1.74 bits per heavy atom. The summed E-state index contributed by atoms with van der Waals surface area (Å²) in [5, 5.41) is 3.35. The fourth-order valence-electron chi connectivity index (χ4n) is 2.71. The molecule has 0 aliphatic rings. The Morgan fingerprint density at radius 3 is 2.41 bits per heavy atom. The lowest BCUT2D eigenvalue weighted by molar-refractivity contribution is 0.0527. The van der Waals surface area contributed by atoms with Gasteiger partial charge in [0.25, 0.3) is 5.91 Å². The van der Waals surface area contributed by atoms with Gasteiger partial charge in [0, 0.05) is 10.4 Å². The molecule has 0 aliphatic carbocycles. The van der Waals surface area contributed by atoms with Crippen molar-refractivity contribution in [3.05, 3.63) is 51.2 Å². The number of rotatable bonds is 4. The summed E-state index contributed by atoms with van der Waals surface area (Å²) in [5.41, 5.74) is 4.79. The minimum absolute atomic E-state index is 0.280. The molecule has 2 heterocycles. The van der Waals surface area contributed by atoms with Crippen LogP contribution in [0.2, 0.25) is 0 Å². The van der Waals surface area contributed by atoms with E-state index in [-0.39, 0.29) is 12.5 Å². The first kappa shape index (κ1) is 19.0. The van der Waals surface area contributed by atoms with Gasteiger partial charge < -0.3 is 10.1 Å². The second-order valence-corrected chi connectivity index (χ2v) is 7.48. The molecule has 0 spiro atoms. The van der Waals surface area contributed by atoms with Gasteiger partial charge in [-0.25, -0.2) is 14.8 Å². The molecular weight excluding hydrogens is 362 g/mol. The molecule has 27 heavy (non-hydrogen) atoms. The maximum atomic E-state index is 12.8. The van der Waals surface area contributed by atoms with Crippen molar-refractivity contribution in [2.24, 2.45) is 0 Å². The average molecular weight is 383 g/mol. The number of amides is 1. The van der Waals surface area contributed by atoms with E-state index < -0.39 is 5.97 Å². The highest BCUT2D eigenvalue weighted by Crippen LogP contribution is 2.33. The van der Waals surface area contributed by atoms with E-state index >= 15 is 0 Å². The van der Waals surface area contributed by atoms with Crippen molar-refractivity contribution < 1.29 is 14.3 Å². The number of esters is 1. The maximum Gasteiger partial charge on any atom is 0.341 e. The Hall–Kier alpha value is -2.80. The van der Waals surface area contributed by atoms with Crippen LogP contribution in [-0.4, -0.2) is 28.5 Å². The van der Waals surface area contributed by atoms with Gasteiger partial charge in [0.2, 0.25) is 0 Å². The number of carbonyl (C=O) groups excluding carboxylic acids is 2. The van der Waals surface area contributed by atoms with Crippen LogP contribution in [-0.2, 0) is 4.74 Å². The smallest absolute Gasteiger partial charge is 0.341 e. The minimum atomic E-state index is -0.426. The summed E-state index contributed by atoms with van der Waals surface area (Å²) in [4.78, 5) is 35.0. The number of ether oxygens (including phenoxy) is 1. The van der Waals surface area contributed by atoms with E-state index in [4.69, 9.17) is 4.74 Å². The summed E-state index contributed by atoms with van der Waals surface area (Å²) in [6.45, 7) is 9.59. The molecule has 1 N–H and O–H groups in total. The van der Waals surface area contributed by atoms with E-state index in [1.54, 1.807) is 25.1 Å². The van der Waals surface area contributed by atoms with Gasteiger partial charge in [-0.15, -0.1) is 11.3 Å². The average Bonchev–Trinajstić information content (AvgIpc) is 2.89. The molecule has 6 nitrogen and oxygen atoms in total. The number of thiophene rings is 1. The Kier molecular flexibility index (Phi) is 5.23. The summed E-state index contributed by atoms with van der Waals surface area (Å²) in [5.74, 6) is -0.728. The molecule has 0 radical (unpaired) electrons. The summed E-state index contributed by atoms with van der Waals surface area (Å²) in [6.07, 6.45) is 0. The number of aryl methyl sites for hydroxylation is 3. The van der Waals surface area contributed by atoms with Crippen LogP contribution in [0.15, 0.2) is 18.2 Å². The van der Waals surface area contributed by atoms with Gasteiger partial charge in [-0.1, -0.05) is 0 Å². The highest BCUT2D eigenvalue weighted by Gasteiger charge is 2.22. The number of anilines is 1. The number of hydrogen-bond donors (Lipinski definition) is 1. The number of carbonyl (C=O) groups is 2. The Morgan fingerprint density at radius 1 is 1.07 bits per heavy atom. The van der Waals surface area contributed by atoms with Crippen molar-refractivity contribution in [1.29, 1.82) is 0 Å². The molecule has 0 fully saturated rings. The summed E-state index contributed by atoms with van der Waals surface area (Å²) in [7, 11) is 0. The molecule has 3 rings (SSSR count).